The average molecular weight is 235 g/mol. The lowest BCUT2D eigenvalue weighted by atomic mass is 10.1. The molecule has 90 valence electrons. The maximum absolute atomic E-state index is 11.9. The quantitative estimate of drug-likeness (QED) is 0.697. The molecule has 0 aromatic heterocycles. The number of rotatable bonds is 2. The van der Waals surface area contributed by atoms with Gasteiger partial charge in [-0.3, -0.25) is 14.5 Å². The molecule has 17 heavy (non-hydrogen) atoms. The number of carbonyl (C=O) groups excluding carboxylic acids is 2. The van der Waals surface area contributed by atoms with Crippen LogP contribution in [0.1, 0.15) is 6.92 Å². The Bertz CT molecular complexity index is 487. The molecule has 4 N–H and O–H groups in total. The summed E-state index contributed by atoms with van der Waals surface area (Å²) in [6.07, 6.45) is -0.634. The SMILES string of the molecule is CC1Oc2ccc(N)cc2N(CC(N)=O)C1=O. The van der Waals surface area contributed by atoms with E-state index in [1.54, 1.807) is 25.1 Å². The molecule has 1 atom stereocenters. The van der Waals surface area contributed by atoms with E-state index in [2.05, 4.69) is 0 Å². The number of nitrogen functional groups attached to an aromatic ring is 1. The first-order valence-electron chi connectivity index (χ1n) is 5.15. The van der Waals surface area contributed by atoms with Gasteiger partial charge in [0.15, 0.2) is 6.10 Å². The van der Waals surface area contributed by atoms with Gasteiger partial charge >= 0.3 is 0 Å². The van der Waals surface area contributed by atoms with Crippen LogP contribution in [-0.2, 0) is 9.59 Å². The van der Waals surface area contributed by atoms with Gasteiger partial charge in [-0.1, -0.05) is 0 Å². The summed E-state index contributed by atoms with van der Waals surface area (Å²) in [6.45, 7) is 1.44. The number of anilines is 2. The molecule has 0 spiro atoms. The van der Waals surface area contributed by atoms with E-state index in [4.69, 9.17) is 16.2 Å². The monoisotopic (exact) mass is 235 g/mol. The van der Waals surface area contributed by atoms with Gasteiger partial charge in [-0.15, -0.1) is 0 Å². The van der Waals surface area contributed by atoms with Crippen LogP contribution in [0.4, 0.5) is 11.4 Å². The number of nitrogens with zero attached hydrogens (tertiary/aromatic N) is 1. The second kappa shape index (κ2) is 3.97. The standard InChI is InChI=1S/C11H13N3O3/c1-6-11(16)14(5-10(13)15)8-4-7(12)2-3-9(8)17-6/h2-4,6H,5,12H2,1H3,(H2,13,15). The Morgan fingerprint density at radius 1 is 1.53 bits per heavy atom. The Balaban J connectivity index is 2.46. The van der Waals surface area contributed by atoms with Gasteiger partial charge < -0.3 is 16.2 Å². The fraction of sp³-hybridized carbons (Fsp3) is 0.273. The summed E-state index contributed by atoms with van der Waals surface area (Å²) >= 11 is 0. The summed E-state index contributed by atoms with van der Waals surface area (Å²) in [4.78, 5) is 24.2. The van der Waals surface area contributed by atoms with E-state index in [0.717, 1.165) is 0 Å². The zero-order valence-corrected chi connectivity index (χ0v) is 9.34. The molecule has 1 unspecified atom stereocenters. The van der Waals surface area contributed by atoms with Crippen LogP contribution in [0.15, 0.2) is 18.2 Å². The summed E-state index contributed by atoms with van der Waals surface area (Å²) in [5.74, 6) is -0.365. The minimum Gasteiger partial charge on any atom is -0.479 e. The number of fused-ring (bicyclic) bond motifs is 1. The van der Waals surface area contributed by atoms with Crippen molar-refractivity contribution in [1.82, 2.24) is 0 Å². The minimum absolute atomic E-state index is 0.178. The number of ether oxygens (including phenoxy) is 1. The minimum atomic E-state index is -0.634. The molecule has 6 heteroatoms. The molecular formula is C11H13N3O3. The lowest BCUT2D eigenvalue weighted by molar-refractivity contribution is -0.127. The Morgan fingerprint density at radius 3 is 2.88 bits per heavy atom. The van der Waals surface area contributed by atoms with Gasteiger partial charge in [0.05, 0.1) is 5.69 Å². The molecule has 6 nitrogen and oxygen atoms in total. The average Bonchev–Trinajstić information content (AvgIpc) is 2.25. The molecule has 1 heterocycles. The van der Waals surface area contributed by atoms with E-state index < -0.39 is 12.0 Å². The molecule has 1 aromatic rings. The topological polar surface area (TPSA) is 98.7 Å². The van der Waals surface area contributed by atoms with Crippen molar-refractivity contribution in [3.63, 3.8) is 0 Å². The third-order valence-electron chi connectivity index (χ3n) is 2.51. The first kappa shape index (κ1) is 11.3. The molecule has 0 aliphatic carbocycles. The van der Waals surface area contributed by atoms with Crippen molar-refractivity contribution in [2.45, 2.75) is 13.0 Å². The van der Waals surface area contributed by atoms with Crippen molar-refractivity contribution in [2.24, 2.45) is 5.73 Å². The number of carbonyl (C=O) groups is 2. The second-order valence-electron chi connectivity index (χ2n) is 3.88. The highest BCUT2D eigenvalue weighted by Gasteiger charge is 2.32. The van der Waals surface area contributed by atoms with Crippen LogP contribution in [0.25, 0.3) is 0 Å². The molecule has 0 saturated heterocycles. The summed E-state index contributed by atoms with van der Waals surface area (Å²) in [6, 6.07) is 4.92. The summed E-state index contributed by atoms with van der Waals surface area (Å²) in [5, 5.41) is 0. The molecule has 0 saturated carbocycles. The van der Waals surface area contributed by atoms with Crippen molar-refractivity contribution in [1.29, 1.82) is 0 Å². The maximum Gasteiger partial charge on any atom is 0.268 e. The van der Waals surface area contributed by atoms with Crippen molar-refractivity contribution in [2.75, 3.05) is 17.2 Å². The Labute approximate surface area is 98.1 Å². The van der Waals surface area contributed by atoms with Crippen molar-refractivity contribution in [3.05, 3.63) is 18.2 Å². The van der Waals surface area contributed by atoms with Crippen LogP contribution in [0, 0.1) is 0 Å². The van der Waals surface area contributed by atoms with Gasteiger partial charge in [0, 0.05) is 5.69 Å². The van der Waals surface area contributed by atoms with Gasteiger partial charge in [-0.2, -0.15) is 0 Å². The third kappa shape index (κ3) is 2.01. The van der Waals surface area contributed by atoms with Crippen LogP contribution < -0.4 is 21.1 Å². The van der Waals surface area contributed by atoms with Gasteiger partial charge in [0.25, 0.3) is 5.91 Å². The summed E-state index contributed by atoms with van der Waals surface area (Å²) in [7, 11) is 0. The Hall–Kier alpha value is -2.24. The second-order valence-corrected chi connectivity index (χ2v) is 3.88. The number of amides is 2. The molecule has 2 amide bonds. The number of hydrogen-bond acceptors (Lipinski definition) is 4. The van der Waals surface area contributed by atoms with E-state index in [9.17, 15) is 9.59 Å². The summed E-state index contributed by atoms with van der Waals surface area (Å²) < 4.78 is 5.41. The fourth-order valence-electron chi connectivity index (χ4n) is 1.74. The lowest BCUT2D eigenvalue weighted by Gasteiger charge is -2.32. The first-order valence-corrected chi connectivity index (χ1v) is 5.15. The van der Waals surface area contributed by atoms with Crippen LogP contribution in [0.3, 0.4) is 0 Å². The van der Waals surface area contributed by atoms with E-state index in [-0.39, 0.29) is 12.5 Å². The first-order chi connectivity index (χ1) is 7.99. The van der Waals surface area contributed by atoms with Crippen LogP contribution in [-0.4, -0.2) is 24.5 Å². The smallest absolute Gasteiger partial charge is 0.268 e. The maximum atomic E-state index is 11.9. The predicted molar refractivity (Wildman–Crippen MR) is 62.5 cm³/mol. The van der Waals surface area contributed by atoms with Gasteiger partial charge in [-0.05, 0) is 25.1 Å². The highest BCUT2D eigenvalue weighted by molar-refractivity contribution is 6.03. The molecule has 1 aliphatic rings. The zero-order chi connectivity index (χ0) is 12.6. The Kier molecular flexibility index (Phi) is 2.63. The molecule has 0 radical (unpaired) electrons. The normalized spacial score (nSPS) is 18.5. The van der Waals surface area contributed by atoms with E-state index in [0.29, 0.717) is 17.1 Å². The van der Waals surface area contributed by atoms with Crippen LogP contribution >= 0.6 is 0 Å². The van der Waals surface area contributed by atoms with Gasteiger partial charge in [0.2, 0.25) is 5.91 Å². The van der Waals surface area contributed by atoms with Crippen molar-refractivity contribution < 1.29 is 14.3 Å². The van der Waals surface area contributed by atoms with Crippen LogP contribution in [0.5, 0.6) is 5.75 Å². The van der Waals surface area contributed by atoms with Crippen LogP contribution in [0.2, 0.25) is 0 Å². The van der Waals surface area contributed by atoms with E-state index in [1.165, 1.54) is 4.90 Å². The Morgan fingerprint density at radius 2 is 2.24 bits per heavy atom. The zero-order valence-electron chi connectivity index (χ0n) is 9.34. The lowest BCUT2D eigenvalue weighted by Crippen LogP contribution is -2.47. The molecular weight excluding hydrogens is 222 g/mol. The van der Waals surface area contributed by atoms with E-state index >= 15 is 0 Å². The molecule has 1 aromatic carbocycles. The highest BCUT2D eigenvalue weighted by atomic mass is 16.5. The number of primary amides is 1. The number of hydrogen-bond donors (Lipinski definition) is 2. The molecule has 0 bridgehead atoms. The fourth-order valence-corrected chi connectivity index (χ4v) is 1.74. The van der Waals surface area contributed by atoms with Gasteiger partial charge in [-0.25, -0.2) is 0 Å². The summed E-state index contributed by atoms with van der Waals surface area (Å²) in [5.41, 5.74) is 11.7. The molecule has 1 aliphatic heterocycles. The molecule has 2 rings (SSSR count). The predicted octanol–water partition coefficient (Wildman–Crippen LogP) is -0.132. The molecule has 0 fully saturated rings. The largest absolute Gasteiger partial charge is 0.479 e. The highest BCUT2D eigenvalue weighted by Crippen LogP contribution is 2.35. The number of nitrogens with two attached hydrogens (primary N) is 2. The van der Waals surface area contributed by atoms with Crippen molar-refractivity contribution >= 4 is 23.2 Å². The third-order valence-corrected chi connectivity index (χ3v) is 2.51. The number of benzene rings is 1. The van der Waals surface area contributed by atoms with Gasteiger partial charge in [0.1, 0.15) is 12.3 Å². The van der Waals surface area contributed by atoms with E-state index in [1.807, 2.05) is 0 Å². The van der Waals surface area contributed by atoms with Crippen molar-refractivity contribution in [3.8, 4) is 5.75 Å².